The maximum atomic E-state index is 11.7. The molecule has 1 aromatic heterocycles. The molecule has 15 heavy (non-hydrogen) atoms. The smallest absolute Gasteiger partial charge is 0.252 e. The molecule has 1 aromatic carbocycles. The maximum Gasteiger partial charge on any atom is 0.252 e. The van der Waals surface area contributed by atoms with Crippen LogP contribution < -0.4 is 5.32 Å². The van der Waals surface area contributed by atoms with Gasteiger partial charge in [0.2, 0.25) is 0 Å². The molecule has 2 rings (SSSR count). The van der Waals surface area contributed by atoms with Crippen molar-refractivity contribution in [2.24, 2.45) is 0 Å². The lowest BCUT2D eigenvalue weighted by Gasteiger charge is -2.03. The molecule has 0 aliphatic heterocycles. The molecule has 0 atom stereocenters. The molecule has 0 unspecified atom stereocenters. The van der Waals surface area contributed by atoms with Crippen LogP contribution in [0.2, 0.25) is 0 Å². The Hall–Kier alpha value is -1.77. The molecule has 0 aliphatic rings. The monoisotopic (exact) mass is 202 g/mol. The van der Waals surface area contributed by atoms with Crippen LogP contribution in [0.25, 0.3) is 11.0 Å². The molecule has 0 saturated heterocycles. The molecule has 3 heteroatoms. The normalized spacial score (nSPS) is 10.5. The maximum absolute atomic E-state index is 11.7. The average molecular weight is 202 g/mol. The van der Waals surface area contributed by atoms with E-state index in [0.717, 1.165) is 11.0 Å². The Morgan fingerprint density at radius 1 is 1.40 bits per heavy atom. The van der Waals surface area contributed by atoms with Gasteiger partial charge in [0.1, 0.15) is 5.58 Å². The minimum absolute atomic E-state index is 0.0781. The number of carbonyl (C=O) groups is 1. The van der Waals surface area contributed by atoms with Crippen LogP contribution in [-0.2, 0) is 0 Å². The van der Waals surface area contributed by atoms with Crippen LogP contribution in [0.1, 0.15) is 16.8 Å². The van der Waals surface area contributed by atoms with Crippen molar-refractivity contribution in [1.82, 2.24) is 5.32 Å². The summed E-state index contributed by atoms with van der Waals surface area (Å²) < 4.78 is 5.22. The van der Waals surface area contributed by atoms with E-state index < -0.39 is 0 Å². The van der Waals surface area contributed by atoms with Crippen molar-refractivity contribution in [2.45, 2.75) is 6.42 Å². The first kappa shape index (κ1) is 9.77. The third-order valence-corrected chi connectivity index (χ3v) is 2.20. The lowest BCUT2D eigenvalue weighted by atomic mass is 10.1. The van der Waals surface area contributed by atoms with Crippen LogP contribution in [0, 0.1) is 6.92 Å². The topological polar surface area (TPSA) is 42.2 Å². The van der Waals surface area contributed by atoms with E-state index in [1.54, 1.807) is 18.4 Å². The van der Waals surface area contributed by atoms with E-state index >= 15 is 0 Å². The predicted octanol–water partition coefficient (Wildman–Crippen LogP) is 2.39. The van der Waals surface area contributed by atoms with Gasteiger partial charge in [0.05, 0.1) is 11.8 Å². The third-order valence-electron chi connectivity index (χ3n) is 2.20. The van der Waals surface area contributed by atoms with Gasteiger partial charge in [-0.2, -0.15) is 0 Å². The van der Waals surface area contributed by atoms with Gasteiger partial charge in [-0.25, -0.2) is 0 Å². The zero-order valence-electron chi connectivity index (χ0n) is 8.32. The number of benzene rings is 1. The Kier molecular flexibility index (Phi) is 2.72. The fraction of sp³-hybridized carbons (Fsp3) is 0.167. The van der Waals surface area contributed by atoms with Gasteiger partial charge in [-0.3, -0.25) is 4.79 Å². The summed E-state index contributed by atoms with van der Waals surface area (Å²) in [7, 11) is 0. The van der Waals surface area contributed by atoms with Gasteiger partial charge < -0.3 is 9.73 Å². The highest BCUT2D eigenvalue weighted by molar-refractivity contribution is 6.05. The van der Waals surface area contributed by atoms with E-state index in [4.69, 9.17) is 4.42 Å². The number of furan rings is 1. The predicted molar refractivity (Wildman–Crippen MR) is 58.5 cm³/mol. The summed E-state index contributed by atoms with van der Waals surface area (Å²) in [5.41, 5.74) is 1.38. The molecule has 0 spiro atoms. The van der Waals surface area contributed by atoms with Crippen LogP contribution in [0.15, 0.2) is 34.9 Å². The van der Waals surface area contributed by atoms with Crippen LogP contribution in [0.3, 0.4) is 0 Å². The molecule has 1 radical (unpaired) electrons. The van der Waals surface area contributed by atoms with Gasteiger partial charge in [-0.05, 0) is 24.6 Å². The zero-order chi connectivity index (χ0) is 10.7. The first-order chi connectivity index (χ1) is 7.33. The largest absolute Gasteiger partial charge is 0.464 e. The summed E-state index contributed by atoms with van der Waals surface area (Å²) in [6.45, 7) is 4.26. The number of rotatable bonds is 3. The molecule has 1 heterocycles. The lowest BCUT2D eigenvalue weighted by Crippen LogP contribution is -2.24. The molecule has 0 saturated carbocycles. The first-order valence-corrected chi connectivity index (χ1v) is 4.86. The van der Waals surface area contributed by atoms with Crippen molar-refractivity contribution in [3.63, 3.8) is 0 Å². The Balaban J connectivity index is 2.34. The quantitative estimate of drug-likeness (QED) is 0.830. The van der Waals surface area contributed by atoms with Crippen molar-refractivity contribution in [1.29, 1.82) is 0 Å². The highest BCUT2D eigenvalue weighted by Crippen LogP contribution is 2.19. The highest BCUT2D eigenvalue weighted by atomic mass is 16.3. The second-order valence-corrected chi connectivity index (χ2v) is 3.25. The molecule has 77 valence electrons. The number of nitrogens with one attached hydrogen (secondary N) is 1. The van der Waals surface area contributed by atoms with Crippen LogP contribution in [-0.4, -0.2) is 12.5 Å². The first-order valence-electron chi connectivity index (χ1n) is 4.86. The molecule has 2 aromatic rings. The minimum atomic E-state index is -0.0781. The van der Waals surface area contributed by atoms with Crippen LogP contribution >= 0.6 is 0 Å². The van der Waals surface area contributed by atoms with E-state index in [1.807, 2.05) is 12.1 Å². The fourth-order valence-electron chi connectivity index (χ4n) is 1.49. The van der Waals surface area contributed by atoms with Gasteiger partial charge in [-0.1, -0.05) is 13.0 Å². The number of hydrogen-bond donors (Lipinski definition) is 1. The SMILES string of the molecule is [CH2]CCNC(=O)c1cccc2occc12. The van der Waals surface area contributed by atoms with E-state index in [9.17, 15) is 4.79 Å². The lowest BCUT2D eigenvalue weighted by molar-refractivity contribution is 0.0956. The van der Waals surface area contributed by atoms with Gasteiger partial charge in [0, 0.05) is 11.9 Å². The van der Waals surface area contributed by atoms with Crippen molar-refractivity contribution in [3.8, 4) is 0 Å². The van der Waals surface area contributed by atoms with Gasteiger partial charge in [0.25, 0.3) is 5.91 Å². The second kappa shape index (κ2) is 4.17. The molecular weight excluding hydrogens is 190 g/mol. The third kappa shape index (κ3) is 1.86. The van der Waals surface area contributed by atoms with Crippen molar-refractivity contribution >= 4 is 16.9 Å². The van der Waals surface area contributed by atoms with Crippen LogP contribution in [0.4, 0.5) is 0 Å². The molecule has 0 bridgehead atoms. The summed E-state index contributed by atoms with van der Waals surface area (Å²) in [4.78, 5) is 11.7. The average Bonchev–Trinajstić information content (AvgIpc) is 2.73. The second-order valence-electron chi connectivity index (χ2n) is 3.25. The summed E-state index contributed by atoms with van der Waals surface area (Å²) in [5.74, 6) is -0.0781. The highest BCUT2D eigenvalue weighted by Gasteiger charge is 2.09. The van der Waals surface area contributed by atoms with Gasteiger partial charge in [0.15, 0.2) is 0 Å². The minimum Gasteiger partial charge on any atom is -0.464 e. The van der Waals surface area contributed by atoms with Crippen molar-refractivity contribution in [2.75, 3.05) is 6.54 Å². The van der Waals surface area contributed by atoms with Crippen LogP contribution in [0.5, 0.6) is 0 Å². The standard InChI is InChI=1S/C12H12NO2/c1-2-7-13-12(14)10-4-3-5-11-9(10)6-8-15-11/h3-6,8H,1-2,7H2,(H,13,14). The fourth-order valence-corrected chi connectivity index (χ4v) is 1.49. The Labute approximate surface area is 88.1 Å². The number of carbonyl (C=O) groups excluding carboxylic acids is 1. The van der Waals surface area contributed by atoms with E-state index in [0.29, 0.717) is 18.5 Å². The Morgan fingerprint density at radius 2 is 2.27 bits per heavy atom. The summed E-state index contributed by atoms with van der Waals surface area (Å²) >= 11 is 0. The molecular formula is C12H12NO2. The van der Waals surface area contributed by atoms with E-state index in [1.165, 1.54) is 0 Å². The van der Waals surface area contributed by atoms with Gasteiger partial charge in [-0.15, -0.1) is 0 Å². The molecule has 1 N–H and O–H groups in total. The molecule has 0 aliphatic carbocycles. The van der Waals surface area contributed by atoms with Crippen molar-refractivity contribution in [3.05, 3.63) is 43.0 Å². The Bertz CT molecular complexity index is 473. The summed E-state index contributed by atoms with van der Waals surface area (Å²) in [6, 6.07) is 7.24. The molecule has 1 amide bonds. The molecule has 3 nitrogen and oxygen atoms in total. The molecule has 0 fully saturated rings. The van der Waals surface area contributed by atoms with Gasteiger partial charge >= 0.3 is 0 Å². The zero-order valence-corrected chi connectivity index (χ0v) is 8.32. The van der Waals surface area contributed by atoms with E-state index in [2.05, 4.69) is 12.2 Å². The van der Waals surface area contributed by atoms with Crippen molar-refractivity contribution < 1.29 is 9.21 Å². The number of hydrogen-bond acceptors (Lipinski definition) is 2. The summed E-state index contributed by atoms with van der Waals surface area (Å²) in [6.07, 6.45) is 2.27. The van der Waals surface area contributed by atoms with E-state index in [-0.39, 0.29) is 5.91 Å². The number of amides is 1. The summed E-state index contributed by atoms with van der Waals surface area (Å²) in [5, 5.41) is 3.63. The number of fused-ring (bicyclic) bond motifs is 1. The Morgan fingerprint density at radius 3 is 3.07 bits per heavy atom.